The Kier molecular flexibility index (Phi) is 11.1. The Morgan fingerprint density at radius 3 is 2.17 bits per heavy atom. The van der Waals surface area contributed by atoms with Gasteiger partial charge in [-0.3, -0.25) is 4.79 Å². The van der Waals surface area contributed by atoms with Crippen molar-refractivity contribution in [1.82, 2.24) is 15.0 Å². The summed E-state index contributed by atoms with van der Waals surface area (Å²) in [5, 5.41) is 61.2. The van der Waals surface area contributed by atoms with Crippen molar-refractivity contribution in [2.24, 2.45) is 11.8 Å². The number of ketones is 1. The van der Waals surface area contributed by atoms with Gasteiger partial charge in [-0.2, -0.15) is 8.78 Å². The van der Waals surface area contributed by atoms with Gasteiger partial charge in [0.1, 0.15) is 40.7 Å². The van der Waals surface area contributed by atoms with Crippen LogP contribution in [0.15, 0.2) is 30.5 Å². The maximum atomic E-state index is 14.7. The van der Waals surface area contributed by atoms with Crippen LogP contribution in [-0.4, -0.2) is 108 Å². The fourth-order valence-electron chi connectivity index (χ4n) is 5.98. The fraction of sp³-hybridized carbons (Fsp3) is 0.500. The number of carbonyl (C=O) groups is 1. The molecule has 10 atom stereocenters. The van der Waals surface area contributed by atoms with Crippen LogP contribution in [0.5, 0.6) is 5.75 Å². The highest BCUT2D eigenvalue weighted by atomic mass is 32.2. The van der Waals surface area contributed by atoms with Gasteiger partial charge in [0, 0.05) is 23.8 Å². The molecule has 0 aliphatic carbocycles. The molecule has 262 valence electrons. The number of hydrogen-bond donors (Lipinski definition) is 5. The van der Waals surface area contributed by atoms with Crippen LogP contribution in [0.1, 0.15) is 29.7 Å². The number of aliphatic hydroxyl groups excluding tert-OH is 5. The molecule has 0 amide bonds. The van der Waals surface area contributed by atoms with E-state index >= 15 is 0 Å². The van der Waals surface area contributed by atoms with Gasteiger partial charge in [0.25, 0.3) is 0 Å². The number of Topliss-reactive ketones (excluding diaryl/α,β-unsaturated/α-hetero) is 1. The quantitative estimate of drug-likeness (QED) is 0.118. The molecule has 0 spiro atoms. The first-order valence-corrected chi connectivity index (χ1v) is 15.6. The molecule has 2 aliphatic rings. The first-order chi connectivity index (χ1) is 22.8. The average Bonchev–Trinajstić information content (AvgIpc) is 3.55. The smallest absolute Gasteiger partial charge is 0.204 e. The van der Waals surface area contributed by atoms with E-state index in [0.29, 0.717) is 5.56 Å². The fourth-order valence-corrected chi connectivity index (χ4v) is 7.43. The molecule has 0 radical (unpaired) electrons. The van der Waals surface area contributed by atoms with Gasteiger partial charge in [0.2, 0.25) is 11.6 Å². The van der Waals surface area contributed by atoms with Gasteiger partial charge in [-0.15, -0.1) is 5.10 Å². The van der Waals surface area contributed by atoms with E-state index in [2.05, 4.69) is 15.0 Å². The number of nitrogens with zero attached hydrogens (tertiary/aromatic N) is 3. The molecule has 12 nitrogen and oxygen atoms in total. The second kappa shape index (κ2) is 14.7. The monoisotopic (exact) mass is 705 g/mol. The Bertz CT molecular complexity index is 1610. The molecular formula is C30H32F5N3O9S. The second-order valence-electron chi connectivity index (χ2n) is 11.5. The van der Waals surface area contributed by atoms with Crippen molar-refractivity contribution in [3.05, 3.63) is 65.1 Å². The molecule has 48 heavy (non-hydrogen) atoms. The Morgan fingerprint density at radius 2 is 1.56 bits per heavy atom. The van der Waals surface area contributed by atoms with Crippen molar-refractivity contribution in [2.45, 2.75) is 60.8 Å². The van der Waals surface area contributed by atoms with Crippen molar-refractivity contribution in [1.29, 1.82) is 0 Å². The van der Waals surface area contributed by atoms with E-state index in [1.165, 1.54) is 29.1 Å². The van der Waals surface area contributed by atoms with Crippen LogP contribution in [0.2, 0.25) is 0 Å². The molecule has 18 heteroatoms. The number of thioether (sulfide) groups is 1. The highest BCUT2D eigenvalue weighted by Crippen LogP contribution is 2.44. The number of carbonyl (C=O) groups excluding carboxylic acids is 1. The molecule has 5 N–H and O–H groups in total. The number of halogens is 5. The summed E-state index contributed by atoms with van der Waals surface area (Å²) < 4.78 is 89.1. The zero-order chi connectivity index (χ0) is 35.0. The lowest BCUT2D eigenvalue weighted by Gasteiger charge is -2.46. The molecule has 2 aliphatic heterocycles. The maximum absolute atomic E-state index is 14.7. The van der Waals surface area contributed by atoms with Crippen molar-refractivity contribution < 1.29 is 66.5 Å². The summed E-state index contributed by atoms with van der Waals surface area (Å²) in [5.74, 6) is -13.6. The number of hydrogen-bond acceptors (Lipinski definition) is 12. The first-order valence-electron chi connectivity index (χ1n) is 14.7. The number of benzene rings is 2. The Hall–Kier alpha value is -3.23. The summed E-state index contributed by atoms with van der Waals surface area (Å²) in [5.41, 5.74) is -3.27. The summed E-state index contributed by atoms with van der Waals surface area (Å²) in [6.45, 7) is 0.172. The lowest BCUT2D eigenvalue weighted by Crippen LogP contribution is -2.57. The van der Waals surface area contributed by atoms with Crippen LogP contribution in [0.3, 0.4) is 0 Å². The number of methoxy groups -OCH3 is 1. The summed E-state index contributed by atoms with van der Waals surface area (Å²) in [6.07, 6.45) is -7.05. The van der Waals surface area contributed by atoms with E-state index in [1.807, 2.05) is 0 Å². The number of ether oxygens (including phenoxy) is 3. The number of rotatable bonds is 10. The minimum Gasteiger partial charge on any atom is -0.491 e. The molecule has 2 saturated heterocycles. The molecular weight excluding hydrogens is 673 g/mol. The predicted molar refractivity (Wildman–Crippen MR) is 156 cm³/mol. The van der Waals surface area contributed by atoms with Gasteiger partial charge in [-0.05, 0) is 12.1 Å². The van der Waals surface area contributed by atoms with Crippen LogP contribution < -0.4 is 4.74 Å². The van der Waals surface area contributed by atoms with E-state index in [-0.39, 0.29) is 5.69 Å². The molecule has 3 heterocycles. The van der Waals surface area contributed by atoms with Gasteiger partial charge < -0.3 is 39.7 Å². The van der Waals surface area contributed by atoms with Crippen molar-refractivity contribution >= 4 is 17.5 Å². The molecule has 5 unspecified atom stereocenters. The molecule has 2 aromatic carbocycles. The summed E-state index contributed by atoms with van der Waals surface area (Å²) >= 11 is 0.800. The van der Waals surface area contributed by atoms with Crippen LogP contribution in [0.4, 0.5) is 22.0 Å². The van der Waals surface area contributed by atoms with Crippen molar-refractivity contribution in [3.8, 4) is 17.0 Å². The first kappa shape index (κ1) is 36.1. The molecule has 1 aromatic heterocycles. The van der Waals surface area contributed by atoms with Gasteiger partial charge in [-0.25, -0.2) is 17.9 Å². The lowest BCUT2D eigenvalue weighted by atomic mass is 9.84. The second-order valence-corrected chi connectivity index (χ2v) is 12.7. The topological polar surface area (TPSA) is 177 Å². The van der Waals surface area contributed by atoms with E-state index in [1.54, 1.807) is 13.0 Å². The Balaban J connectivity index is 1.39. The molecule has 3 aromatic rings. The Labute approximate surface area is 274 Å². The predicted octanol–water partition coefficient (Wildman–Crippen LogP) is 1.97. The number of aliphatic hydroxyl groups is 5. The van der Waals surface area contributed by atoms with Gasteiger partial charge in [0.15, 0.2) is 23.2 Å². The van der Waals surface area contributed by atoms with E-state index in [4.69, 9.17) is 9.47 Å². The van der Waals surface area contributed by atoms with Crippen molar-refractivity contribution in [2.75, 3.05) is 20.3 Å². The average molecular weight is 706 g/mol. The Morgan fingerprint density at radius 1 is 0.938 bits per heavy atom. The van der Waals surface area contributed by atoms with E-state index in [0.717, 1.165) is 18.9 Å². The zero-order valence-corrected chi connectivity index (χ0v) is 26.1. The van der Waals surface area contributed by atoms with E-state index in [9.17, 15) is 52.3 Å². The molecule has 0 saturated carbocycles. The highest BCUT2D eigenvalue weighted by Gasteiger charge is 2.50. The number of aromatic nitrogens is 3. The lowest BCUT2D eigenvalue weighted by molar-refractivity contribution is -0.184. The maximum Gasteiger partial charge on any atom is 0.204 e. The third-order valence-corrected chi connectivity index (χ3v) is 10.0. The van der Waals surface area contributed by atoms with Gasteiger partial charge >= 0.3 is 0 Å². The molecule has 0 bridgehead atoms. The summed E-state index contributed by atoms with van der Waals surface area (Å²) in [6, 6.07) is 4.69. The molecule has 2 fully saturated rings. The van der Waals surface area contributed by atoms with Crippen LogP contribution in [0, 0.1) is 40.9 Å². The zero-order valence-electron chi connectivity index (χ0n) is 25.3. The van der Waals surface area contributed by atoms with Crippen LogP contribution in [0.25, 0.3) is 11.3 Å². The molecule has 5 rings (SSSR count). The third-order valence-electron chi connectivity index (χ3n) is 8.55. The van der Waals surface area contributed by atoms with Gasteiger partial charge in [-0.1, -0.05) is 36.0 Å². The largest absolute Gasteiger partial charge is 0.491 e. The SMILES string of the molecule is COc1c(F)c(F)c(C(=O)C[C@@H]2C(O)[C@H](S[C@H]3O[C@H](CO)C(O)C(n4cc(-c5cccc(F)c5)nn4)C3C)OC(CO)[C@@H]2O)c(F)c1F. The van der Waals surface area contributed by atoms with Crippen LogP contribution >= 0.6 is 11.8 Å². The van der Waals surface area contributed by atoms with Gasteiger partial charge in [0.05, 0.1) is 50.3 Å². The standard InChI is InChI=1S/C30H32F5N3O9S/c1-11-24(38-8-15(36-37-38)12-4-3-5-13(31)6-12)27(44)18(10-40)46-29(11)48-30-26(43)14(25(42)17(9-39)47-30)7-16(41)19-20(32)22(34)28(45-2)23(35)21(19)33/h3-6,8,11,14,17-18,24-27,29-30,39-40,42-44H,7,9-10H2,1-2H3/t11?,14-,17?,18+,24?,25+,26?,27?,29+,30-/m0/s1. The summed E-state index contributed by atoms with van der Waals surface area (Å²) in [7, 11) is 0.766. The normalized spacial score (nSPS) is 30.8. The van der Waals surface area contributed by atoms with Crippen LogP contribution in [-0.2, 0) is 9.47 Å². The minimum atomic E-state index is -2.03. The third kappa shape index (κ3) is 6.67. The summed E-state index contributed by atoms with van der Waals surface area (Å²) in [4.78, 5) is 13.0. The highest BCUT2D eigenvalue weighted by molar-refractivity contribution is 8.00. The van der Waals surface area contributed by atoms with E-state index < -0.39 is 125 Å². The van der Waals surface area contributed by atoms with Crippen molar-refractivity contribution in [3.63, 3.8) is 0 Å². The minimum absolute atomic E-state index is 0.285.